The molecule has 0 spiro atoms. The number of nitrogens with two attached hydrogens (primary N) is 1. The third-order valence-electron chi connectivity index (χ3n) is 3.38. The van der Waals surface area contributed by atoms with E-state index in [-0.39, 0.29) is 30.9 Å². The van der Waals surface area contributed by atoms with E-state index in [1.165, 1.54) is 16.2 Å². The average molecular weight is 506 g/mol. The van der Waals surface area contributed by atoms with Crippen LogP contribution in [-0.4, -0.2) is 16.1 Å². The van der Waals surface area contributed by atoms with Crippen molar-refractivity contribution in [2.45, 2.75) is 25.6 Å². The molecule has 3 aromatic heterocycles. The molecular weight excluding hydrogens is 489 g/mol. The SMILES string of the molecule is C[C@H](N)C(O)c1sc2c(NCc3cccs3)cc(Cl)nc2c1Br.Cl.Cl. The molecule has 0 amide bonds. The number of anilines is 1. The molecule has 4 nitrogen and oxygen atoms in total. The molecule has 1 unspecified atom stereocenters. The van der Waals surface area contributed by atoms with Crippen LogP contribution >= 0.6 is 75.0 Å². The molecule has 2 atom stereocenters. The van der Waals surface area contributed by atoms with Gasteiger partial charge in [0.1, 0.15) is 11.3 Å². The summed E-state index contributed by atoms with van der Waals surface area (Å²) in [6.07, 6.45) is -0.743. The van der Waals surface area contributed by atoms with Crippen molar-refractivity contribution in [3.63, 3.8) is 0 Å². The molecule has 0 bridgehead atoms. The van der Waals surface area contributed by atoms with E-state index in [0.717, 1.165) is 25.3 Å². The van der Waals surface area contributed by atoms with Gasteiger partial charge in [0, 0.05) is 23.5 Å². The highest BCUT2D eigenvalue weighted by Gasteiger charge is 2.23. The molecule has 4 N–H and O–H groups in total. The highest BCUT2D eigenvalue weighted by molar-refractivity contribution is 9.10. The number of nitrogens with zero attached hydrogens (tertiary/aromatic N) is 1. The van der Waals surface area contributed by atoms with E-state index in [1.807, 2.05) is 17.5 Å². The third kappa shape index (κ3) is 4.99. The van der Waals surface area contributed by atoms with E-state index in [1.54, 1.807) is 18.3 Å². The van der Waals surface area contributed by atoms with Crippen LogP contribution in [0.25, 0.3) is 10.2 Å². The molecule has 3 rings (SSSR count). The molecular formula is C15H17BrCl3N3OS2. The molecule has 3 heterocycles. The number of rotatable bonds is 5. The predicted molar refractivity (Wildman–Crippen MR) is 117 cm³/mol. The Bertz CT molecular complexity index is 827. The number of hydrogen-bond donors (Lipinski definition) is 3. The molecule has 25 heavy (non-hydrogen) atoms. The maximum atomic E-state index is 10.3. The van der Waals surface area contributed by atoms with E-state index in [4.69, 9.17) is 17.3 Å². The number of aliphatic hydroxyl groups excluding tert-OH is 1. The molecule has 0 aromatic carbocycles. The lowest BCUT2D eigenvalue weighted by molar-refractivity contribution is 0.156. The van der Waals surface area contributed by atoms with Gasteiger partial charge < -0.3 is 16.2 Å². The summed E-state index contributed by atoms with van der Waals surface area (Å²) in [7, 11) is 0. The molecule has 138 valence electrons. The van der Waals surface area contributed by atoms with Gasteiger partial charge in [-0.25, -0.2) is 4.98 Å². The zero-order valence-corrected chi connectivity index (χ0v) is 18.6. The average Bonchev–Trinajstić information content (AvgIpc) is 3.13. The number of aliphatic hydroxyl groups is 1. The van der Waals surface area contributed by atoms with Gasteiger partial charge in [-0.05, 0) is 34.3 Å². The fourth-order valence-corrected chi connectivity index (χ4v) is 5.14. The normalized spacial score (nSPS) is 13.0. The maximum absolute atomic E-state index is 10.3. The van der Waals surface area contributed by atoms with Gasteiger partial charge >= 0.3 is 0 Å². The van der Waals surface area contributed by atoms with Gasteiger partial charge in [0.05, 0.1) is 25.3 Å². The summed E-state index contributed by atoms with van der Waals surface area (Å²) in [6.45, 7) is 2.49. The van der Waals surface area contributed by atoms with Crippen molar-refractivity contribution in [1.82, 2.24) is 4.98 Å². The van der Waals surface area contributed by atoms with Crippen LogP contribution in [0.3, 0.4) is 0 Å². The second-order valence-electron chi connectivity index (χ2n) is 5.19. The Labute approximate surface area is 179 Å². The Morgan fingerprint density at radius 2 is 2.16 bits per heavy atom. The number of thiophene rings is 2. The summed E-state index contributed by atoms with van der Waals surface area (Å²) >= 11 is 12.9. The van der Waals surface area contributed by atoms with Crippen LogP contribution in [0.2, 0.25) is 5.15 Å². The molecule has 0 radical (unpaired) electrons. The minimum atomic E-state index is -0.743. The molecule has 0 aliphatic heterocycles. The van der Waals surface area contributed by atoms with Gasteiger partial charge in [-0.1, -0.05) is 17.7 Å². The first-order valence-corrected chi connectivity index (χ1v) is 9.82. The van der Waals surface area contributed by atoms with Crippen molar-refractivity contribution in [2.24, 2.45) is 5.73 Å². The Morgan fingerprint density at radius 3 is 2.76 bits per heavy atom. The van der Waals surface area contributed by atoms with Crippen molar-refractivity contribution < 1.29 is 5.11 Å². The van der Waals surface area contributed by atoms with E-state index in [2.05, 4.69) is 32.3 Å². The van der Waals surface area contributed by atoms with Crippen LogP contribution in [-0.2, 0) is 6.54 Å². The number of nitrogens with one attached hydrogen (secondary N) is 1. The minimum Gasteiger partial charge on any atom is -0.386 e. The maximum Gasteiger partial charge on any atom is 0.131 e. The fourth-order valence-electron chi connectivity index (χ4n) is 2.18. The Balaban J connectivity index is 0.00000156. The first-order valence-electron chi connectivity index (χ1n) is 6.95. The van der Waals surface area contributed by atoms with E-state index in [0.29, 0.717) is 11.7 Å². The summed E-state index contributed by atoms with van der Waals surface area (Å²) in [5.74, 6) is 0. The lowest BCUT2D eigenvalue weighted by Crippen LogP contribution is -2.23. The zero-order chi connectivity index (χ0) is 16.6. The van der Waals surface area contributed by atoms with E-state index in [9.17, 15) is 5.11 Å². The molecule has 0 aliphatic rings. The van der Waals surface area contributed by atoms with E-state index < -0.39 is 6.10 Å². The summed E-state index contributed by atoms with van der Waals surface area (Å²) in [5, 5.41) is 16.2. The van der Waals surface area contributed by atoms with Gasteiger partial charge in [-0.15, -0.1) is 47.5 Å². The van der Waals surface area contributed by atoms with Crippen LogP contribution in [0.1, 0.15) is 22.8 Å². The van der Waals surface area contributed by atoms with Gasteiger partial charge in [-0.3, -0.25) is 0 Å². The van der Waals surface area contributed by atoms with Crippen molar-refractivity contribution in [3.8, 4) is 0 Å². The van der Waals surface area contributed by atoms with Crippen molar-refractivity contribution in [2.75, 3.05) is 5.32 Å². The number of hydrogen-bond acceptors (Lipinski definition) is 6. The van der Waals surface area contributed by atoms with Gasteiger partial charge in [0.25, 0.3) is 0 Å². The van der Waals surface area contributed by atoms with Crippen LogP contribution < -0.4 is 11.1 Å². The van der Waals surface area contributed by atoms with Crippen molar-refractivity contribution in [3.05, 3.63) is 43.0 Å². The molecule has 3 aromatic rings. The first-order chi connectivity index (χ1) is 11.0. The number of halogens is 4. The summed E-state index contributed by atoms with van der Waals surface area (Å²) in [5.41, 5.74) is 7.47. The smallest absolute Gasteiger partial charge is 0.131 e. The molecule has 0 aliphatic carbocycles. The second kappa shape index (κ2) is 9.71. The summed E-state index contributed by atoms with van der Waals surface area (Å²) < 4.78 is 1.71. The molecule has 10 heteroatoms. The first kappa shape index (κ1) is 22.9. The Hall–Kier alpha value is -0.120. The minimum absolute atomic E-state index is 0. The highest BCUT2D eigenvalue weighted by atomic mass is 79.9. The van der Waals surface area contributed by atoms with Crippen molar-refractivity contribution in [1.29, 1.82) is 0 Å². The zero-order valence-electron chi connectivity index (χ0n) is 13.0. The van der Waals surface area contributed by atoms with Gasteiger partial charge in [0.2, 0.25) is 0 Å². The topological polar surface area (TPSA) is 71.2 Å². The Kier molecular flexibility index (Phi) is 8.90. The van der Waals surface area contributed by atoms with Crippen LogP contribution in [0.4, 0.5) is 5.69 Å². The quantitative estimate of drug-likeness (QED) is 0.394. The third-order valence-corrected chi connectivity index (χ3v) is 6.80. The van der Waals surface area contributed by atoms with Gasteiger partial charge in [0.15, 0.2) is 0 Å². The van der Waals surface area contributed by atoms with Crippen LogP contribution in [0.5, 0.6) is 0 Å². The lowest BCUT2D eigenvalue weighted by atomic mass is 10.1. The fraction of sp³-hybridized carbons (Fsp3) is 0.267. The summed E-state index contributed by atoms with van der Waals surface area (Å²) in [4.78, 5) is 6.38. The molecule has 0 saturated heterocycles. The lowest BCUT2D eigenvalue weighted by Gasteiger charge is -2.12. The monoisotopic (exact) mass is 503 g/mol. The van der Waals surface area contributed by atoms with Crippen LogP contribution in [0.15, 0.2) is 28.1 Å². The Morgan fingerprint density at radius 1 is 1.44 bits per heavy atom. The second-order valence-corrected chi connectivity index (χ2v) is 8.45. The number of pyridine rings is 1. The van der Waals surface area contributed by atoms with Gasteiger partial charge in [-0.2, -0.15) is 0 Å². The largest absolute Gasteiger partial charge is 0.386 e. The van der Waals surface area contributed by atoms with E-state index >= 15 is 0 Å². The predicted octanol–water partition coefficient (Wildman–Crippen LogP) is 5.61. The molecule has 0 saturated carbocycles. The molecule has 0 fully saturated rings. The summed E-state index contributed by atoms with van der Waals surface area (Å²) in [6, 6.07) is 5.54. The van der Waals surface area contributed by atoms with Crippen LogP contribution in [0, 0.1) is 0 Å². The van der Waals surface area contributed by atoms with Crippen molar-refractivity contribution >= 4 is 90.9 Å². The standard InChI is InChI=1S/C15H15BrClN3OS2.2ClH/c1-7(18)13(21)15-11(16)12-14(23-15)9(5-10(17)20-12)19-6-8-3-2-4-22-8;;/h2-5,7,13,21H,6,18H2,1H3,(H,19,20);2*1H/t7-,13?;;/m0../s1. The number of fused-ring (bicyclic) bond motifs is 1. The number of aromatic nitrogens is 1. The highest BCUT2D eigenvalue weighted by Crippen LogP contribution is 2.43.